The number of aromatic nitrogens is 1. The van der Waals surface area contributed by atoms with Gasteiger partial charge in [0.1, 0.15) is 17.9 Å². The van der Waals surface area contributed by atoms with Crippen molar-refractivity contribution in [2.45, 2.75) is 13.5 Å². The van der Waals surface area contributed by atoms with E-state index in [4.69, 9.17) is 9.47 Å². The Hall–Kier alpha value is -3.73. The molecule has 0 aliphatic carbocycles. The van der Waals surface area contributed by atoms with Crippen molar-refractivity contribution in [1.29, 1.82) is 0 Å². The molecule has 0 unspecified atom stereocenters. The molecule has 3 aromatic carbocycles. The Morgan fingerprint density at radius 1 is 1.00 bits per heavy atom. The number of hydrogen-bond acceptors (Lipinski definition) is 5. The SMILES string of the molecule is COc1c(OCc2ccccc2)ccc2c(Nc3ccc(C)c(O)c3)ccnc12. The van der Waals surface area contributed by atoms with Gasteiger partial charge in [0.25, 0.3) is 0 Å². The summed E-state index contributed by atoms with van der Waals surface area (Å²) in [6, 6.07) is 21.2. The normalized spacial score (nSPS) is 10.7. The van der Waals surface area contributed by atoms with Gasteiger partial charge in [0.2, 0.25) is 0 Å². The number of phenolic OH excluding ortho intramolecular Hbond substituents is 1. The number of phenols is 1. The zero-order valence-electron chi connectivity index (χ0n) is 16.3. The number of hydrogen-bond donors (Lipinski definition) is 2. The minimum absolute atomic E-state index is 0.252. The Labute approximate surface area is 169 Å². The van der Waals surface area contributed by atoms with Crippen LogP contribution in [0.3, 0.4) is 0 Å². The van der Waals surface area contributed by atoms with Crippen LogP contribution in [0.25, 0.3) is 10.9 Å². The second-order valence-electron chi connectivity index (χ2n) is 6.75. The van der Waals surface area contributed by atoms with Gasteiger partial charge in [0, 0.05) is 29.0 Å². The number of ether oxygens (including phenoxy) is 2. The molecule has 0 atom stereocenters. The molecular weight excluding hydrogens is 364 g/mol. The monoisotopic (exact) mass is 386 g/mol. The molecule has 1 aromatic heterocycles. The van der Waals surface area contributed by atoms with E-state index in [-0.39, 0.29) is 5.75 Å². The molecule has 0 spiro atoms. The Morgan fingerprint density at radius 2 is 1.83 bits per heavy atom. The number of nitrogens with zero attached hydrogens (tertiary/aromatic N) is 1. The van der Waals surface area contributed by atoms with E-state index >= 15 is 0 Å². The molecule has 29 heavy (non-hydrogen) atoms. The van der Waals surface area contributed by atoms with Crippen LogP contribution < -0.4 is 14.8 Å². The van der Waals surface area contributed by atoms with Crippen molar-refractivity contribution in [3.8, 4) is 17.2 Å². The van der Waals surface area contributed by atoms with E-state index in [9.17, 15) is 5.11 Å². The number of rotatable bonds is 6. The lowest BCUT2D eigenvalue weighted by Crippen LogP contribution is -2.00. The second kappa shape index (κ2) is 8.10. The van der Waals surface area contributed by atoms with Gasteiger partial charge < -0.3 is 19.9 Å². The highest BCUT2D eigenvalue weighted by molar-refractivity contribution is 5.97. The van der Waals surface area contributed by atoms with Gasteiger partial charge in [0.05, 0.1) is 7.11 Å². The summed E-state index contributed by atoms with van der Waals surface area (Å²) in [5.74, 6) is 1.48. The molecular formula is C24H22N2O3. The van der Waals surface area contributed by atoms with E-state index in [2.05, 4.69) is 10.3 Å². The molecule has 1 heterocycles. The maximum absolute atomic E-state index is 9.97. The second-order valence-corrected chi connectivity index (χ2v) is 6.75. The van der Waals surface area contributed by atoms with Crippen LogP contribution in [0.5, 0.6) is 17.2 Å². The molecule has 5 heteroatoms. The van der Waals surface area contributed by atoms with Crippen molar-refractivity contribution >= 4 is 22.3 Å². The topological polar surface area (TPSA) is 63.6 Å². The summed E-state index contributed by atoms with van der Waals surface area (Å²) in [7, 11) is 1.62. The third kappa shape index (κ3) is 3.94. The van der Waals surface area contributed by atoms with Crippen molar-refractivity contribution in [2.75, 3.05) is 12.4 Å². The first-order valence-electron chi connectivity index (χ1n) is 9.35. The molecule has 2 N–H and O–H groups in total. The number of nitrogens with one attached hydrogen (secondary N) is 1. The predicted octanol–water partition coefficient (Wildman–Crippen LogP) is 5.58. The fourth-order valence-corrected chi connectivity index (χ4v) is 3.17. The molecule has 4 aromatic rings. The van der Waals surface area contributed by atoms with Crippen LogP contribution >= 0.6 is 0 Å². The smallest absolute Gasteiger partial charge is 0.187 e. The Kier molecular flexibility index (Phi) is 5.20. The van der Waals surface area contributed by atoms with Crippen molar-refractivity contribution in [2.24, 2.45) is 0 Å². The van der Waals surface area contributed by atoms with Crippen LogP contribution in [0.2, 0.25) is 0 Å². The standard InChI is InChI=1S/C24H22N2O3/c1-16-8-9-18(14-21(16)27)26-20-12-13-25-23-19(20)10-11-22(24(23)28-2)29-15-17-6-4-3-5-7-17/h3-14,27H,15H2,1-2H3,(H,25,26). The third-order valence-corrected chi connectivity index (χ3v) is 4.76. The maximum Gasteiger partial charge on any atom is 0.187 e. The Morgan fingerprint density at radius 3 is 2.59 bits per heavy atom. The average molecular weight is 386 g/mol. The zero-order chi connectivity index (χ0) is 20.2. The van der Waals surface area contributed by atoms with Gasteiger partial charge in [-0.3, -0.25) is 4.98 Å². The lowest BCUT2D eigenvalue weighted by atomic mass is 10.1. The van der Waals surface area contributed by atoms with E-state index in [1.54, 1.807) is 19.4 Å². The van der Waals surface area contributed by atoms with Crippen LogP contribution in [0, 0.1) is 6.92 Å². The van der Waals surface area contributed by atoms with E-state index < -0.39 is 0 Å². The van der Waals surface area contributed by atoms with Crippen molar-refractivity contribution in [3.63, 3.8) is 0 Å². The van der Waals surface area contributed by atoms with Crippen LogP contribution in [0.4, 0.5) is 11.4 Å². The quantitative estimate of drug-likeness (QED) is 0.453. The van der Waals surface area contributed by atoms with Gasteiger partial charge >= 0.3 is 0 Å². The Balaban J connectivity index is 1.67. The summed E-state index contributed by atoms with van der Waals surface area (Å²) < 4.78 is 11.6. The van der Waals surface area contributed by atoms with Crippen molar-refractivity contribution < 1.29 is 14.6 Å². The molecule has 0 radical (unpaired) electrons. The molecule has 5 nitrogen and oxygen atoms in total. The number of anilines is 2. The molecule has 0 aliphatic heterocycles. The predicted molar refractivity (Wildman–Crippen MR) is 115 cm³/mol. The van der Waals surface area contributed by atoms with Gasteiger partial charge in [-0.2, -0.15) is 0 Å². The molecule has 0 saturated carbocycles. The first-order valence-corrected chi connectivity index (χ1v) is 9.35. The van der Waals surface area contributed by atoms with Gasteiger partial charge in [-0.25, -0.2) is 0 Å². The number of benzene rings is 3. The molecule has 0 bridgehead atoms. The molecule has 0 amide bonds. The van der Waals surface area contributed by atoms with Crippen molar-refractivity contribution in [1.82, 2.24) is 4.98 Å². The number of pyridine rings is 1. The molecule has 0 fully saturated rings. The van der Waals surface area contributed by atoms with Gasteiger partial charge in [0.15, 0.2) is 11.5 Å². The number of aromatic hydroxyl groups is 1. The Bertz CT molecular complexity index is 1140. The van der Waals surface area contributed by atoms with E-state index in [0.29, 0.717) is 23.6 Å². The minimum atomic E-state index is 0.252. The summed E-state index contributed by atoms with van der Waals surface area (Å²) in [5, 5.41) is 14.2. The van der Waals surface area contributed by atoms with Crippen LogP contribution in [0.1, 0.15) is 11.1 Å². The number of aryl methyl sites for hydroxylation is 1. The molecule has 0 saturated heterocycles. The molecule has 4 rings (SSSR count). The average Bonchev–Trinajstić information content (AvgIpc) is 2.75. The number of fused-ring (bicyclic) bond motifs is 1. The highest BCUT2D eigenvalue weighted by Crippen LogP contribution is 2.38. The fraction of sp³-hybridized carbons (Fsp3) is 0.125. The van der Waals surface area contributed by atoms with Crippen molar-refractivity contribution in [3.05, 3.63) is 84.1 Å². The van der Waals surface area contributed by atoms with Gasteiger partial charge in [-0.05, 0) is 42.3 Å². The lowest BCUT2D eigenvalue weighted by molar-refractivity contribution is 0.286. The largest absolute Gasteiger partial charge is 0.508 e. The third-order valence-electron chi connectivity index (χ3n) is 4.76. The highest BCUT2D eigenvalue weighted by atomic mass is 16.5. The van der Waals surface area contributed by atoms with E-state index in [1.165, 1.54) is 0 Å². The first-order chi connectivity index (χ1) is 14.2. The van der Waals surface area contributed by atoms with Crippen LogP contribution in [-0.4, -0.2) is 17.2 Å². The lowest BCUT2D eigenvalue weighted by Gasteiger charge is -2.15. The van der Waals surface area contributed by atoms with Gasteiger partial charge in [-0.15, -0.1) is 0 Å². The summed E-state index contributed by atoms with van der Waals surface area (Å²) in [6.07, 6.45) is 1.72. The van der Waals surface area contributed by atoms with E-state index in [0.717, 1.165) is 27.9 Å². The first kappa shape index (κ1) is 18.6. The fourth-order valence-electron chi connectivity index (χ4n) is 3.17. The van der Waals surface area contributed by atoms with Crippen LogP contribution in [-0.2, 0) is 6.61 Å². The summed E-state index contributed by atoms with van der Waals surface area (Å²) in [5.41, 5.74) is 4.28. The summed E-state index contributed by atoms with van der Waals surface area (Å²) in [4.78, 5) is 4.51. The summed E-state index contributed by atoms with van der Waals surface area (Å²) in [6.45, 7) is 2.31. The minimum Gasteiger partial charge on any atom is -0.508 e. The van der Waals surface area contributed by atoms with Crippen LogP contribution in [0.15, 0.2) is 72.9 Å². The molecule has 146 valence electrons. The van der Waals surface area contributed by atoms with Gasteiger partial charge in [-0.1, -0.05) is 36.4 Å². The molecule has 0 aliphatic rings. The van der Waals surface area contributed by atoms with E-state index in [1.807, 2.05) is 67.6 Å². The maximum atomic E-state index is 9.97. The number of methoxy groups -OCH3 is 1. The zero-order valence-corrected chi connectivity index (χ0v) is 16.3. The summed E-state index contributed by atoms with van der Waals surface area (Å²) >= 11 is 0. The highest BCUT2D eigenvalue weighted by Gasteiger charge is 2.14.